The molecule has 1 atom stereocenters. The number of benzene rings is 1. The summed E-state index contributed by atoms with van der Waals surface area (Å²) in [5, 5.41) is 10.9. The van der Waals surface area contributed by atoms with Gasteiger partial charge in [-0.15, -0.1) is 0 Å². The molecule has 0 bridgehead atoms. The van der Waals surface area contributed by atoms with Crippen LogP contribution < -0.4 is 5.32 Å². The lowest BCUT2D eigenvalue weighted by Gasteiger charge is -2.14. The lowest BCUT2D eigenvalue weighted by Crippen LogP contribution is -2.17. The predicted molar refractivity (Wildman–Crippen MR) is 76.7 cm³/mol. The molecule has 0 aliphatic heterocycles. The molecule has 2 rings (SSSR count). The molecule has 6 heteroatoms. The molecule has 2 N–H and O–H groups in total. The fraction of sp³-hybridized carbons (Fsp3) is 0.333. The molecule has 0 radical (unpaired) electrons. The predicted octanol–water partition coefficient (Wildman–Crippen LogP) is 3.39. The van der Waals surface area contributed by atoms with E-state index in [1.54, 1.807) is 11.8 Å². The number of halogens is 1. The summed E-state index contributed by atoms with van der Waals surface area (Å²) >= 11 is 5.16. The van der Waals surface area contributed by atoms with Gasteiger partial charge in [0.05, 0.1) is 0 Å². The second kappa shape index (κ2) is 6.36. The number of rotatable bonds is 5. The summed E-state index contributed by atoms with van der Waals surface area (Å²) in [5.41, 5.74) is 1.27. The summed E-state index contributed by atoms with van der Waals surface area (Å²) in [6.07, 6.45) is 1.51. The monoisotopic (exact) mass is 326 g/mol. The van der Waals surface area contributed by atoms with E-state index in [-0.39, 0.29) is 0 Å². The van der Waals surface area contributed by atoms with Gasteiger partial charge in [-0.25, -0.2) is 4.98 Å². The highest BCUT2D eigenvalue weighted by molar-refractivity contribution is 9.10. The van der Waals surface area contributed by atoms with Gasteiger partial charge >= 0.3 is 0 Å². The van der Waals surface area contributed by atoms with E-state index in [2.05, 4.69) is 68.5 Å². The molecule has 2 aromatic rings. The zero-order valence-electron chi connectivity index (χ0n) is 10.3. The molecule has 1 aromatic carbocycles. The minimum Gasteiger partial charge on any atom is -0.310 e. The van der Waals surface area contributed by atoms with Crippen molar-refractivity contribution in [1.82, 2.24) is 20.5 Å². The van der Waals surface area contributed by atoms with Crippen molar-refractivity contribution in [3.63, 3.8) is 0 Å². The third kappa shape index (κ3) is 3.34. The van der Waals surface area contributed by atoms with Crippen molar-refractivity contribution in [2.75, 3.05) is 6.54 Å². The lowest BCUT2D eigenvalue weighted by atomic mass is 10.1. The summed E-state index contributed by atoms with van der Waals surface area (Å²) in [6, 6.07) is 6.74. The Morgan fingerprint density at radius 1 is 1.50 bits per heavy atom. The van der Waals surface area contributed by atoms with Crippen LogP contribution in [0.25, 0.3) is 0 Å². The summed E-state index contributed by atoms with van der Waals surface area (Å²) in [6.45, 7) is 5.24. The lowest BCUT2D eigenvalue weighted by molar-refractivity contribution is 0.597. The van der Waals surface area contributed by atoms with Crippen LogP contribution in [0.1, 0.15) is 25.5 Å². The van der Waals surface area contributed by atoms with Gasteiger partial charge in [0.25, 0.3) is 0 Å². The van der Waals surface area contributed by atoms with Crippen molar-refractivity contribution in [1.29, 1.82) is 0 Å². The van der Waals surface area contributed by atoms with E-state index in [0.717, 1.165) is 21.1 Å². The zero-order chi connectivity index (χ0) is 13.0. The first kappa shape index (κ1) is 13.6. The largest absolute Gasteiger partial charge is 0.310 e. The quantitative estimate of drug-likeness (QED) is 0.884. The Balaban J connectivity index is 2.14. The fourth-order valence-corrected chi connectivity index (χ4v) is 2.98. The van der Waals surface area contributed by atoms with Gasteiger partial charge in [0.15, 0.2) is 5.16 Å². The third-order valence-corrected chi connectivity index (χ3v) is 4.45. The molecular formula is C12H15BrN4S. The highest BCUT2D eigenvalue weighted by atomic mass is 79.9. The van der Waals surface area contributed by atoms with E-state index in [1.165, 1.54) is 11.9 Å². The number of hydrogen-bond donors (Lipinski definition) is 2. The second-order valence-electron chi connectivity index (χ2n) is 3.86. The maximum absolute atomic E-state index is 4.10. The van der Waals surface area contributed by atoms with E-state index in [4.69, 9.17) is 0 Å². The normalized spacial score (nSPS) is 12.6. The maximum Gasteiger partial charge on any atom is 0.188 e. The summed E-state index contributed by atoms with van der Waals surface area (Å²) in [5.74, 6) is 0. The zero-order valence-corrected chi connectivity index (χ0v) is 12.7. The standard InChI is InChI=1S/C12H15BrN4S/c1-3-14-8(2)9-4-5-11(10(13)6-9)18-12-15-7-16-17-12/h4-8,14H,3H2,1-2H3,(H,15,16,17). The number of hydrogen-bond acceptors (Lipinski definition) is 4. The molecule has 1 unspecified atom stereocenters. The van der Waals surface area contributed by atoms with Crippen LogP contribution in [0, 0.1) is 0 Å². The maximum atomic E-state index is 4.10. The van der Waals surface area contributed by atoms with Crippen molar-refractivity contribution in [3.05, 3.63) is 34.6 Å². The molecule has 1 heterocycles. The smallest absolute Gasteiger partial charge is 0.188 e. The Labute approximate surface area is 119 Å². The molecule has 96 valence electrons. The average molecular weight is 327 g/mol. The number of H-pyrrole nitrogens is 1. The van der Waals surface area contributed by atoms with E-state index < -0.39 is 0 Å². The Bertz CT molecular complexity index is 501. The summed E-state index contributed by atoms with van der Waals surface area (Å²) < 4.78 is 1.08. The number of nitrogens with zero attached hydrogens (tertiary/aromatic N) is 2. The van der Waals surface area contributed by atoms with E-state index in [0.29, 0.717) is 6.04 Å². The van der Waals surface area contributed by atoms with Crippen molar-refractivity contribution < 1.29 is 0 Å². The molecule has 1 aromatic heterocycles. The number of nitrogens with one attached hydrogen (secondary N) is 2. The summed E-state index contributed by atoms with van der Waals surface area (Å²) in [7, 11) is 0. The first-order valence-corrected chi connectivity index (χ1v) is 7.37. The Morgan fingerprint density at radius 3 is 2.94 bits per heavy atom. The molecular weight excluding hydrogens is 312 g/mol. The Morgan fingerprint density at radius 2 is 2.33 bits per heavy atom. The minimum atomic E-state index is 0.357. The van der Waals surface area contributed by atoms with Crippen LogP contribution in [0.5, 0.6) is 0 Å². The first-order valence-electron chi connectivity index (χ1n) is 5.76. The highest BCUT2D eigenvalue weighted by Gasteiger charge is 2.09. The van der Waals surface area contributed by atoms with Crippen LogP contribution in [0.3, 0.4) is 0 Å². The molecule has 0 spiro atoms. The summed E-state index contributed by atoms with van der Waals surface area (Å²) in [4.78, 5) is 5.23. The molecule has 0 saturated carbocycles. The van der Waals surface area contributed by atoms with Crippen molar-refractivity contribution in [2.45, 2.75) is 29.9 Å². The van der Waals surface area contributed by atoms with Gasteiger partial charge in [0.2, 0.25) is 0 Å². The average Bonchev–Trinajstić information content (AvgIpc) is 2.85. The molecule has 0 saturated heterocycles. The molecule has 18 heavy (non-hydrogen) atoms. The topological polar surface area (TPSA) is 53.6 Å². The van der Waals surface area contributed by atoms with E-state index in [9.17, 15) is 0 Å². The number of aromatic nitrogens is 3. The highest BCUT2D eigenvalue weighted by Crippen LogP contribution is 2.33. The number of aromatic amines is 1. The van der Waals surface area contributed by atoms with Crippen molar-refractivity contribution in [2.24, 2.45) is 0 Å². The Kier molecular flexibility index (Phi) is 4.79. The fourth-order valence-electron chi connectivity index (χ4n) is 1.64. The van der Waals surface area contributed by atoms with Gasteiger partial charge in [-0.2, -0.15) is 5.10 Å². The third-order valence-electron chi connectivity index (χ3n) is 2.57. The van der Waals surface area contributed by atoms with Crippen LogP contribution in [-0.2, 0) is 0 Å². The van der Waals surface area contributed by atoms with Gasteiger partial charge < -0.3 is 5.32 Å². The first-order chi connectivity index (χ1) is 8.70. The van der Waals surface area contributed by atoms with Crippen molar-refractivity contribution >= 4 is 27.7 Å². The van der Waals surface area contributed by atoms with Crippen LogP contribution in [0.2, 0.25) is 0 Å². The van der Waals surface area contributed by atoms with E-state index >= 15 is 0 Å². The van der Waals surface area contributed by atoms with Gasteiger partial charge in [0.1, 0.15) is 6.33 Å². The van der Waals surface area contributed by atoms with Gasteiger partial charge in [0, 0.05) is 15.4 Å². The van der Waals surface area contributed by atoms with Gasteiger partial charge in [-0.3, -0.25) is 5.10 Å². The van der Waals surface area contributed by atoms with Crippen LogP contribution in [0.15, 0.2) is 39.1 Å². The Hall–Kier alpha value is -0.850. The SMILES string of the molecule is CCNC(C)c1ccc(Sc2ncn[nH]2)c(Br)c1. The van der Waals surface area contributed by atoms with Gasteiger partial charge in [-0.05, 0) is 58.9 Å². The van der Waals surface area contributed by atoms with Gasteiger partial charge in [-0.1, -0.05) is 13.0 Å². The van der Waals surface area contributed by atoms with Crippen molar-refractivity contribution in [3.8, 4) is 0 Å². The molecule has 0 fully saturated rings. The molecule has 4 nitrogen and oxygen atoms in total. The molecule has 0 aliphatic rings. The second-order valence-corrected chi connectivity index (χ2v) is 5.75. The van der Waals surface area contributed by atoms with Crippen LogP contribution in [-0.4, -0.2) is 21.7 Å². The van der Waals surface area contributed by atoms with Crippen LogP contribution >= 0.6 is 27.7 Å². The van der Waals surface area contributed by atoms with E-state index in [1.807, 2.05) is 0 Å². The minimum absolute atomic E-state index is 0.357. The molecule has 0 aliphatic carbocycles. The van der Waals surface area contributed by atoms with Crippen LogP contribution in [0.4, 0.5) is 0 Å². The molecule has 0 amide bonds.